The Hall–Kier alpha value is -6.11. The summed E-state index contributed by atoms with van der Waals surface area (Å²) in [7, 11) is -8.55. The zero-order valence-electron chi connectivity index (χ0n) is 40.6. The molecule has 0 saturated heterocycles. The fourth-order valence-corrected chi connectivity index (χ4v) is 12.0. The Labute approximate surface area is 467 Å². The number of benzene rings is 8. The molecule has 0 aliphatic carbocycles. The second-order valence-corrected chi connectivity index (χ2v) is 24.1. The van der Waals surface area contributed by atoms with E-state index in [1.807, 2.05) is 0 Å². The molecule has 0 bridgehead atoms. The number of rotatable bonds is 9. The van der Waals surface area contributed by atoms with Crippen LogP contribution < -0.4 is 69.0 Å². The molecule has 0 unspecified atom stereocenters. The number of hydrogen-bond donors (Lipinski definition) is 0. The first kappa shape index (κ1) is 68.4. The molecule has 82 heavy (non-hydrogen) atoms. The maximum absolute atomic E-state index is 15.4. The van der Waals surface area contributed by atoms with Crippen LogP contribution in [0.1, 0.15) is 30.9 Å². The van der Waals surface area contributed by atoms with Crippen LogP contribution in [0, 0.1) is 138 Å². The van der Waals surface area contributed by atoms with Gasteiger partial charge in [-0.2, -0.15) is 0 Å². The average molecular weight is 1440 g/mol. The predicted molar refractivity (Wildman–Crippen MR) is 241 cm³/mol. The van der Waals surface area contributed by atoms with E-state index in [2.05, 4.69) is 130 Å². The quantitative estimate of drug-likeness (QED) is 0.0370. The van der Waals surface area contributed by atoms with E-state index < -0.39 is 152 Å². The first-order valence-electron chi connectivity index (χ1n) is 21.9. The van der Waals surface area contributed by atoms with Gasteiger partial charge in [-0.15, -0.1) is 21.9 Å². The zero-order valence-corrected chi connectivity index (χ0v) is 45.8. The van der Waals surface area contributed by atoms with Gasteiger partial charge in [0.15, 0.2) is 84.1 Å². The first-order valence-corrected chi connectivity index (χ1v) is 27.9. The molecule has 8 rings (SSSR count). The van der Waals surface area contributed by atoms with E-state index >= 15 is 35.1 Å². The van der Waals surface area contributed by atoms with E-state index in [1.165, 1.54) is 25.4 Å². The molecule has 0 heterocycles. The van der Waals surface area contributed by atoms with Crippen LogP contribution in [0.5, 0.6) is 0 Å². The van der Waals surface area contributed by atoms with Gasteiger partial charge in [0.1, 0.15) is 52.7 Å². The van der Waals surface area contributed by atoms with Crippen molar-refractivity contribution in [3.05, 3.63) is 251 Å². The van der Waals surface area contributed by atoms with Gasteiger partial charge < -0.3 is 4.70 Å². The van der Waals surface area contributed by atoms with Gasteiger partial charge in [0, 0.05) is 0 Å². The van der Waals surface area contributed by atoms with Gasteiger partial charge in [-0.1, -0.05) is 80.1 Å². The normalized spacial score (nSPS) is 11.8. The van der Waals surface area contributed by atoms with Gasteiger partial charge in [0.25, 0.3) is 0 Å². The summed E-state index contributed by atoms with van der Waals surface area (Å²) in [6, 6.07) is 39.5. The molecule has 8 aromatic carbocycles. The predicted octanol–water partition coefficient (Wildman–Crippen LogP) is 6.87. The van der Waals surface area contributed by atoms with E-state index in [1.54, 1.807) is 0 Å². The second-order valence-electron chi connectivity index (χ2n) is 16.7. The summed E-state index contributed by atoms with van der Waals surface area (Å²) in [5.74, 6) is -70.8. The van der Waals surface area contributed by atoms with Crippen molar-refractivity contribution in [2.45, 2.75) is 26.7 Å². The summed E-state index contributed by atoms with van der Waals surface area (Å²) in [5.41, 5.74) is -11.6. The van der Waals surface area contributed by atoms with E-state index in [4.69, 9.17) is 0 Å². The molecule has 0 spiro atoms. The molecule has 0 amide bonds. The number of aryl methyl sites for hydroxylation is 1. The molecule has 440 valence electrons. The Morgan fingerprint density at radius 3 is 0.683 bits per heavy atom. The Kier molecular flexibility index (Phi) is 22.6. The Balaban J connectivity index is 0.000000313. The Morgan fingerprint density at radius 1 is 0.293 bits per heavy atom. The van der Waals surface area contributed by atoms with Gasteiger partial charge in [0.2, 0.25) is 0 Å². The SMILES string of the molecule is Cc1ccc([I+]c2ccc(C(C)C)cc2)cc1.FP(F)(F)(F)F.Fc1c(F)c(F)c([B-](c2c(F)c(F)c(F)c(F)c2F)(c2c(F)c(F)c(F)c(F)c2F)c2c(F)c(F)c(F)c(F)c2F)c(F)c1F.[F-].c1ccc([I+]c2ccccc2)cc1. The van der Waals surface area contributed by atoms with Crippen LogP contribution in [-0.2, 0) is 0 Å². The fraction of sp³-hybridized carbons (Fsp3) is 0.0769. The fourth-order valence-electron chi connectivity index (χ4n) is 7.59. The Bertz CT molecular complexity index is 3150. The number of halogens is 28. The van der Waals surface area contributed by atoms with Crippen LogP contribution in [0.25, 0.3) is 0 Å². The molecule has 0 radical (unpaired) electrons. The molecule has 0 nitrogen and oxygen atoms in total. The molecule has 0 saturated carbocycles. The maximum Gasteiger partial charge on any atom is 0.357 e. The second kappa shape index (κ2) is 27.1. The van der Waals surface area contributed by atoms with Crippen LogP contribution in [0.4, 0.5) is 109 Å². The van der Waals surface area contributed by atoms with Crippen molar-refractivity contribution < 1.29 is 156 Å². The zero-order chi connectivity index (χ0) is 61.0. The van der Waals surface area contributed by atoms with Gasteiger partial charge in [0.05, 0.1) is 0 Å². The van der Waals surface area contributed by atoms with Crippen molar-refractivity contribution in [2.24, 2.45) is 0 Å². The topological polar surface area (TPSA) is 0 Å². The standard InChI is InChI=1S/C24BF20.C16H18I.C12H10I.F5P.FH/c26-5-1(6(27)14(35)21(42)13(5)34)25(2-7(28)15(36)22(43)16(37)8(2)29,3-9(30)17(38)23(44)18(39)10(3)31)4-11(32)19(40)24(45)20(41)12(4)33;1-12(2)14-6-10-16(11-7-14)17-15-8-4-13(3)5-9-15;1-3-7-11(8-4-1)13-12-9-5-2-6-10-12;1-6(2,3,4)5;/h;4-12H,1-3H3;1-10H;;1H/q-1;2*+1;;/p-1. The largest absolute Gasteiger partial charge is 1.00 e. The molecule has 0 atom stereocenters. The third-order valence-electron chi connectivity index (χ3n) is 11.2. The number of hydrogen-bond acceptors (Lipinski definition) is 0. The van der Waals surface area contributed by atoms with E-state index in [0.29, 0.717) is 5.92 Å². The minimum Gasteiger partial charge on any atom is -1.00 e. The average Bonchev–Trinajstić information content (AvgIpc) is 1.81. The van der Waals surface area contributed by atoms with E-state index in [-0.39, 0.29) is 47.1 Å². The smallest absolute Gasteiger partial charge is 0.357 e. The van der Waals surface area contributed by atoms with E-state index in [0.717, 1.165) is 0 Å². The van der Waals surface area contributed by atoms with Gasteiger partial charge >= 0.3 is 71.6 Å². The van der Waals surface area contributed by atoms with Gasteiger partial charge in [-0.25, -0.2) is 87.8 Å². The molecule has 0 aliphatic rings. The summed E-state index contributed by atoms with van der Waals surface area (Å²) in [6.45, 7) is 6.62. The molecular formula is C52H28BF26I2P. The van der Waals surface area contributed by atoms with E-state index in [9.17, 15) is 73.7 Å². The molecule has 0 fully saturated rings. The maximum atomic E-state index is 15.4. The van der Waals surface area contributed by atoms with Crippen molar-refractivity contribution >= 4 is 36.2 Å². The van der Waals surface area contributed by atoms with Crippen LogP contribution in [0.15, 0.2) is 109 Å². The molecule has 8 aromatic rings. The van der Waals surface area contributed by atoms with Crippen LogP contribution in [0.2, 0.25) is 0 Å². The molecule has 0 aromatic heterocycles. The van der Waals surface area contributed by atoms with Gasteiger partial charge in [-0.3, -0.25) is 0 Å². The summed E-state index contributed by atoms with van der Waals surface area (Å²) in [4.78, 5) is 0. The van der Waals surface area contributed by atoms with Gasteiger partial charge in [-0.05, 0) is 66.9 Å². The Morgan fingerprint density at radius 2 is 0.476 bits per heavy atom. The molecular weight excluding hydrogens is 1410 g/mol. The van der Waals surface area contributed by atoms with Crippen LogP contribution in [0.3, 0.4) is 0 Å². The summed E-state index contributed by atoms with van der Waals surface area (Å²) in [6.07, 6.45) is -7.22. The van der Waals surface area contributed by atoms with Crippen molar-refractivity contribution in [2.75, 3.05) is 0 Å². The third kappa shape index (κ3) is 15.0. The monoisotopic (exact) mass is 1440 g/mol. The summed E-state index contributed by atoms with van der Waals surface area (Å²) >= 11 is 0.0120. The van der Waals surface area contributed by atoms with Crippen molar-refractivity contribution in [3.8, 4) is 0 Å². The van der Waals surface area contributed by atoms with Crippen LogP contribution in [-0.4, -0.2) is 6.15 Å². The summed E-state index contributed by atoms with van der Waals surface area (Å²) < 4.78 is 349. The van der Waals surface area contributed by atoms with Crippen LogP contribution >= 0.6 is 8.16 Å². The third-order valence-corrected chi connectivity index (χ3v) is 16.5. The van der Waals surface area contributed by atoms with Crippen molar-refractivity contribution in [1.82, 2.24) is 0 Å². The molecule has 0 N–H and O–H groups in total. The minimum atomic E-state index is -8.55. The first-order chi connectivity index (χ1) is 37.5. The summed E-state index contributed by atoms with van der Waals surface area (Å²) in [5, 5.41) is 0. The molecule has 0 aliphatic heterocycles. The van der Waals surface area contributed by atoms with Crippen molar-refractivity contribution in [3.63, 3.8) is 0 Å². The minimum absolute atomic E-state index is 0. The van der Waals surface area contributed by atoms with Crippen molar-refractivity contribution in [1.29, 1.82) is 0 Å². The molecule has 30 heteroatoms.